The van der Waals surface area contributed by atoms with Gasteiger partial charge in [-0.1, -0.05) is 47.6 Å². The predicted octanol–water partition coefficient (Wildman–Crippen LogP) is 6.96. The summed E-state index contributed by atoms with van der Waals surface area (Å²) in [6.45, 7) is 27.2. The Bertz CT molecular complexity index is 795. The SMILES string of the molecule is Cc1cc(C)c(C)c(-c2c(C(C)(C)C)nn(C(C)C)c2C(C)(C)C)c1C. The lowest BCUT2D eigenvalue weighted by Crippen LogP contribution is -2.21. The first kappa shape index (κ1) is 20.7. The number of aryl methyl sites for hydroxylation is 2. The lowest BCUT2D eigenvalue weighted by Gasteiger charge is -2.27. The minimum absolute atomic E-state index is 0.00793. The van der Waals surface area contributed by atoms with Crippen LogP contribution in [0.15, 0.2) is 6.07 Å². The maximum Gasteiger partial charge on any atom is 0.0759 e. The molecule has 2 nitrogen and oxygen atoms in total. The fraction of sp³-hybridized carbons (Fsp3) is 0.625. The molecule has 0 saturated heterocycles. The summed E-state index contributed by atoms with van der Waals surface area (Å²) in [7, 11) is 0. The molecule has 2 rings (SSSR count). The first-order chi connectivity index (χ1) is 11.7. The van der Waals surface area contributed by atoms with E-state index in [9.17, 15) is 0 Å². The van der Waals surface area contributed by atoms with E-state index in [1.165, 1.54) is 44.8 Å². The van der Waals surface area contributed by atoms with Crippen molar-refractivity contribution in [3.8, 4) is 11.1 Å². The minimum Gasteiger partial charge on any atom is -0.266 e. The molecule has 0 unspecified atom stereocenters. The molecule has 0 spiro atoms. The van der Waals surface area contributed by atoms with Gasteiger partial charge in [0.25, 0.3) is 0 Å². The van der Waals surface area contributed by atoms with Crippen LogP contribution >= 0.6 is 0 Å². The van der Waals surface area contributed by atoms with Crippen molar-refractivity contribution in [3.05, 3.63) is 39.7 Å². The van der Waals surface area contributed by atoms with Crippen LogP contribution in [0, 0.1) is 27.7 Å². The van der Waals surface area contributed by atoms with Crippen LogP contribution in [0.2, 0.25) is 0 Å². The first-order valence-electron chi connectivity index (χ1n) is 9.89. The van der Waals surface area contributed by atoms with E-state index in [2.05, 4.69) is 93.8 Å². The lowest BCUT2D eigenvalue weighted by atomic mass is 9.78. The molecule has 26 heavy (non-hydrogen) atoms. The molecule has 2 heteroatoms. The Balaban J connectivity index is 3.11. The maximum atomic E-state index is 5.18. The molecule has 0 aliphatic carbocycles. The highest BCUT2D eigenvalue weighted by Crippen LogP contribution is 2.44. The number of hydrogen-bond acceptors (Lipinski definition) is 1. The molecule has 1 heterocycles. The van der Waals surface area contributed by atoms with Gasteiger partial charge in [-0.15, -0.1) is 0 Å². The minimum atomic E-state index is -0.00793. The average Bonchev–Trinajstić information content (AvgIpc) is 2.86. The van der Waals surface area contributed by atoms with Crippen molar-refractivity contribution in [2.75, 3.05) is 0 Å². The van der Waals surface area contributed by atoms with Crippen molar-refractivity contribution in [3.63, 3.8) is 0 Å². The van der Waals surface area contributed by atoms with E-state index in [4.69, 9.17) is 5.10 Å². The van der Waals surface area contributed by atoms with Crippen molar-refractivity contribution < 1.29 is 0 Å². The summed E-state index contributed by atoms with van der Waals surface area (Å²) >= 11 is 0. The Morgan fingerprint density at radius 3 is 1.58 bits per heavy atom. The molecule has 0 aliphatic rings. The van der Waals surface area contributed by atoms with Crippen LogP contribution in [0.1, 0.15) is 95.1 Å². The van der Waals surface area contributed by atoms with Crippen LogP contribution in [-0.2, 0) is 10.8 Å². The van der Waals surface area contributed by atoms with E-state index in [1.807, 2.05) is 0 Å². The summed E-state index contributed by atoms with van der Waals surface area (Å²) in [6.07, 6.45) is 0. The van der Waals surface area contributed by atoms with Crippen LogP contribution in [0.25, 0.3) is 11.1 Å². The molecule has 1 aromatic heterocycles. The van der Waals surface area contributed by atoms with E-state index in [0.717, 1.165) is 0 Å². The molecular formula is C24H38N2. The number of hydrogen-bond donors (Lipinski definition) is 0. The van der Waals surface area contributed by atoms with Gasteiger partial charge in [-0.3, -0.25) is 4.68 Å². The number of nitrogens with zero attached hydrogens (tertiary/aromatic N) is 2. The zero-order chi connectivity index (χ0) is 20.2. The van der Waals surface area contributed by atoms with Gasteiger partial charge in [0, 0.05) is 22.4 Å². The van der Waals surface area contributed by atoms with E-state index < -0.39 is 0 Å². The second kappa shape index (κ2) is 6.55. The van der Waals surface area contributed by atoms with Crippen LogP contribution in [0.3, 0.4) is 0 Å². The Kier molecular flexibility index (Phi) is 5.22. The molecule has 0 saturated carbocycles. The molecule has 1 aromatic carbocycles. The van der Waals surface area contributed by atoms with E-state index in [0.29, 0.717) is 6.04 Å². The quantitative estimate of drug-likeness (QED) is 0.570. The largest absolute Gasteiger partial charge is 0.266 e. The van der Waals surface area contributed by atoms with Crippen LogP contribution in [0.4, 0.5) is 0 Å². The van der Waals surface area contributed by atoms with E-state index >= 15 is 0 Å². The molecule has 0 radical (unpaired) electrons. The lowest BCUT2D eigenvalue weighted by molar-refractivity contribution is 0.438. The molecular weight excluding hydrogens is 316 g/mol. The van der Waals surface area contributed by atoms with E-state index in [1.54, 1.807) is 0 Å². The summed E-state index contributed by atoms with van der Waals surface area (Å²) in [5.41, 5.74) is 10.8. The third kappa shape index (κ3) is 3.48. The van der Waals surface area contributed by atoms with Gasteiger partial charge in [0.2, 0.25) is 0 Å². The molecule has 2 aromatic rings. The molecule has 0 N–H and O–H groups in total. The van der Waals surface area contributed by atoms with Crippen molar-refractivity contribution >= 4 is 0 Å². The second-order valence-corrected chi connectivity index (χ2v) is 10.2. The molecule has 0 fully saturated rings. The van der Waals surface area contributed by atoms with Crippen LogP contribution < -0.4 is 0 Å². The molecule has 0 aliphatic heterocycles. The van der Waals surface area contributed by atoms with Crippen molar-refractivity contribution in [1.82, 2.24) is 9.78 Å². The number of rotatable bonds is 2. The molecule has 0 amide bonds. The summed E-state index contributed by atoms with van der Waals surface area (Å²) in [5.74, 6) is 0. The monoisotopic (exact) mass is 354 g/mol. The van der Waals surface area contributed by atoms with Crippen molar-refractivity contribution in [2.24, 2.45) is 0 Å². The van der Waals surface area contributed by atoms with Gasteiger partial charge in [-0.05, 0) is 69.4 Å². The Morgan fingerprint density at radius 1 is 0.769 bits per heavy atom. The van der Waals surface area contributed by atoms with Gasteiger partial charge in [-0.25, -0.2) is 0 Å². The van der Waals surface area contributed by atoms with E-state index in [-0.39, 0.29) is 10.8 Å². The summed E-state index contributed by atoms with van der Waals surface area (Å²) < 4.78 is 2.27. The number of benzene rings is 1. The van der Waals surface area contributed by atoms with Gasteiger partial charge in [0.15, 0.2) is 0 Å². The standard InChI is InChI=1S/C24H38N2/c1-14(2)26-22(24(10,11)12)20(21(25-26)23(7,8)9)19-17(5)15(3)13-16(4)18(19)6/h13-14H,1-12H3. The molecule has 144 valence electrons. The molecule has 0 atom stereocenters. The summed E-state index contributed by atoms with van der Waals surface area (Å²) in [4.78, 5) is 0. The topological polar surface area (TPSA) is 17.8 Å². The summed E-state index contributed by atoms with van der Waals surface area (Å²) in [6, 6.07) is 2.65. The third-order valence-electron chi connectivity index (χ3n) is 5.44. The van der Waals surface area contributed by atoms with Gasteiger partial charge in [-0.2, -0.15) is 5.10 Å². The normalized spacial score (nSPS) is 13.0. The smallest absolute Gasteiger partial charge is 0.0759 e. The van der Waals surface area contributed by atoms with Crippen LogP contribution in [0.5, 0.6) is 0 Å². The highest BCUT2D eigenvalue weighted by Gasteiger charge is 2.34. The van der Waals surface area contributed by atoms with Gasteiger partial charge in [0.05, 0.1) is 11.4 Å². The zero-order valence-corrected chi connectivity index (χ0v) is 19.0. The van der Waals surface area contributed by atoms with Crippen molar-refractivity contribution in [1.29, 1.82) is 0 Å². The van der Waals surface area contributed by atoms with Gasteiger partial charge < -0.3 is 0 Å². The Hall–Kier alpha value is -1.57. The van der Waals surface area contributed by atoms with Crippen molar-refractivity contribution in [2.45, 2.75) is 100.0 Å². The third-order valence-corrected chi connectivity index (χ3v) is 5.44. The van der Waals surface area contributed by atoms with Gasteiger partial charge >= 0.3 is 0 Å². The maximum absolute atomic E-state index is 5.18. The molecule has 0 bridgehead atoms. The highest BCUT2D eigenvalue weighted by molar-refractivity contribution is 5.79. The summed E-state index contributed by atoms with van der Waals surface area (Å²) in [5, 5.41) is 5.18. The first-order valence-corrected chi connectivity index (χ1v) is 9.89. The van der Waals surface area contributed by atoms with Crippen LogP contribution in [-0.4, -0.2) is 9.78 Å². The van der Waals surface area contributed by atoms with Gasteiger partial charge in [0.1, 0.15) is 0 Å². The Morgan fingerprint density at radius 2 is 1.23 bits per heavy atom. The Labute approximate surface area is 161 Å². The predicted molar refractivity (Wildman–Crippen MR) is 114 cm³/mol. The fourth-order valence-corrected chi connectivity index (χ4v) is 3.88. The second-order valence-electron chi connectivity index (χ2n) is 10.2. The highest BCUT2D eigenvalue weighted by atomic mass is 15.3. The number of aromatic nitrogens is 2. The average molecular weight is 355 g/mol. The zero-order valence-electron chi connectivity index (χ0n) is 19.0. The fourth-order valence-electron chi connectivity index (χ4n) is 3.88.